The Balaban J connectivity index is 3.74. The summed E-state index contributed by atoms with van der Waals surface area (Å²) in [5.41, 5.74) is 0. The third-order valence-corrected chi connectivity index (χ3v) is 3.03. The van der Waals surface area contributed by atoms with E-state index in [-0.39, 0.29) is 0 Å². The van der Waals surface area contributed by atoms with E-state index in [1.807, 2.05) is 0 Å². The summed E-state index contributed by atoms with van der Waals surface area (Å²) >= 11 is 0. The van der Waals surface area contributed by atoms with Crippen molar-refractivity contribution in [1.82, 2.24) is 10.2 Å². The Morgan fingerprint density at radius 1 is 1.07 bits per heavy atom. The smallest absolute Gasteiger partial charge is 0.0192 e. The molecular weight excluding hydrogens is 184 g/mol. The van der Waals surface area contributed by atoms with Crippen LogP contribution in [0, 0.1) is 5.92 Å². The zero-order valence-electron chi connectivity index (χ0n) is 11.3. The molecule has 0 fully saturated rings. The van der Waals surface area contributed by atoms with Crippen molar-refractivity contribution in [2.45, 2.75) is 53.0 Å². The molecule has 92 valence electrons. The van der Waals surface area contributed by atoms with Gasteiger partial charge in [0.1, 0.15) is 0 Å². The second-order valence-electron chi connectivity index (χ2n) is 4.79. The van der Waals surface area contributed by atoms with Crippen molar-refractivity contribution >= 4 is 0 Å². The van der Waals surface area contributed by atoms with Crippen LogP contribution in [0.1, 0.15) is 47.0 Å². The summed E-state index contributed by atoms with van der Waals surface area (Å²) in [5, 5.41) is 3.60. The lowest BCUT2D eigenvalue weighted by Gasteiger charge is -2.26. The molecule has 0 rings (SSSR count). The first kappa shape index (κ1) is 14.9. The maximum Gasteiger partial charge on any atom is 0.0192 e. The van der Waals surface area contributed by atoms with Crippen LogP contribution in [0.15, 0.2) is 0 Å². The van der Waals surface area contributed by atoms with Crippen LogP contribution in [0.4, 0.5) is 0 Å². The van der Waals surface area contributed by atoms with Crippen LogP contribution in [0.3, 0.4) is 0 Å². The largest absolute Gasteiger partial charge is 0.313 e. The van der Waals surface area contributed by atoms with Crippen molar-refractivity contribution in [3.05, 3.63) is 0 Å². The minimum absolute atomic E-state index is 0.666. The topological polar surface area (TPSA) is 15.3 Å². The van der Waals surface area contributed by atoms with Crippen LogP contribution in [0.5, 0.6) is 0 Å². The highest BCUT2D eigenvalue weighted by atomic mass is 15.1. The predicted octanol–water partition coefficient (Wildman–Crippen LogP) is 2.74. The highest BCUT2D eigenvalue weighted by molar-refractivity contribution is 4.69. The van der Waals surface area contributed by atoms with E-state index in [4.69, 9.17) is 0 Å². The lowest BCUT2D eigenvalue weighted by molar-refractivity contribution is 0.249. The van der Waals surface area contributed by atoms with Gasteiger partial charge in [0, 0.05) is 19.1 Å². The van der Waals surface area contributed by atoms with Crippen LogP contribution >= 0.6 is 0 Å². The molecule has 0 saturated carbocycles. The fourth-order valence-electron chi connectivity index (χ4n) is 1.80. The Bertz CT molecular complexity index is 136. The van der Waals surface area contributed by atoms with E-state index >= 15 is 0 Å². The van der Waals surface area contributed by atoms with E-state index < -0.39 is 0 Å². The molecule has 2 unspecified atom stereocenters. The summed E-state index contributed by atoms with van der Waals surface area (Å²) < 4.78 is 0. The van der Waals surface area contributed by atoms with Gasteiger partial charge in [0.2, 0.25) is 0 Å². The molecule has 2 nitrogen and oxygen atoms in total. The second kappa shape index (κ2) is 9.17. The number of rotatable bonds is 9. The molecule has 0 aliphatic carbocycles. The number of hydrogen-bond donors (Lipinski definition) is 1. The summed E-state index contributed by atoms with van der Waals surface area (Å²) in [5.74, 6) is 0.818. The minimum Gasteiger partial charge on any atom is -0.313 e. The zero-order chi connectivity index (χ0) is 11.7. The van der Waals surface area contributed by atoms with Gasteiger partial charge in [-0.1, -0.05) is 34.1 Å². The SMILES string of the molecule is CCCNC(CC)CN(C)CC(C)CC. The molecule has 0 aliphatic rings. The lowest BCUT2D eigenvalue weighted by atomic mass is 10.1. The highest BCUT2D eigenvalue weighted by Gasteiger charge is 2.10. The normalized spacial score (nSPS) is 15.6. The molecule has 15 heavy (non-hydrogen) atoms. The van der Waals surface area contributed by atoms with E-state index in [0.717, 1.165) is 12.5 Å². The van der Waals surface area contributed by atoms with Crippen LogP contribution in [0.2, 0.25) is 0 Å². The van der Waals surface area contributed by atoms with Crippen molar-refractivity contribution < 1.29 is 0 Å². The van der Waals surface area contributed by atoms with E-state index in [1.54, 1.807) is 0 Å². The van der Waals surface area contributed by atoms with E-state index in [2.05, 4.69) is 45.0 Å². The summed E-state index contributed by atoms with van der Waals surface area (Å²) in [6.07, 6.45) is 3.74. The quantitative estimate of drug-likeness (QED) is 0.635. The number of nitrogens with zero attached hydrogens (tertiary/aromatic N) is 1. The molecule has 2 heteroatoms. The standard InChI is InChI=1S/C13H30N2/c1-6-9-14-13(8-3)11-15(5)10-12(4)7-2/h12-14H,6-11H2,1-5H3. The monoisotopic (exact) mass is 214 g/mol. The van der Waals surface area contributed by atoms with Crippen molar-refractivity contribution in [3.63, 3.8) is 0 Å². The molecule has 0 saturated heterocycles. The Hall–Kier alpha value is -0.0800. The fraction of sp³-hybridized carbons (Fsp3) is 1.00. The third-order valence-electron chi connectivity index (χ3n) is 3.03. The summed E-state index contributed by atoms with van der Waals surface area (Å²) in [6.45, 7) is 12.6. The average molecular weight is 214 g/mol. The number of likely N-dealkylation sites (N-methyl/N-ethyl adjacent to an activating group) is 1. The first-order chi connectivity index (χ1) is 7.13. The van der Waals surface area contributed by atoms with E-state index in [1.165, 1.54) is 32.4 Å². The summed E-state index contributed by atoms with van der Waals surface area (Å²) in [7, 11) is 2.24. The van der Waals surface area contributed by atoms with Gasteiger partial charge in [-0.3, -0.25) is 0 Å². The fourth-order valence-corrected chi connectivity index (χ4v) is 1.80. The minimum atomic E-state index is 0.666. The molecule has 0 aromatic carbocycles. The van der Waals surface area contributed by atoms with Crippen LogP contribution < -0.4 is 5.32 Å². The highest BCUT2D eigenvalue weighted by Crippen LogP contribution is 2.04. The molecule has 0 heterocycles. The number of nitrogens with one attached hydrogen (secondary N) is 1. The van der Waals surface area contributed by atoms with Gasteiger partial charge in [0.25, 0.3) is 0 Å². The van der Waals surface area contributed by atoms with Crippen LogP contribution in [-0.2, 0) is 0 Å². The maximum absolute atomic E-state index is 3.60. The molecule has 0 amide bonds. The molecule has 0 radical (unpaired) electrons. The van der Waals surface area contributed by atoms with Gasteiger partial charge < -0.3 is 10.2 Å². The Morgan fingerprint density at radius 3 is 2.20 bits per heavy atom. The molecule has 0 spiro atoms. The molecule has 0 aromatic heterocycles. The van der Waals surface area contributed by atoms with Crippen molar-refractivity contribution in [1.29, 1.82) is 0 Å². The van der Waals surface area contributed by atoms with Crippen molar-refractivity contribution in [2.75, 3.05) is 26.7 Å². The Morgan fingerprint density at radius 2 is 1.73 bits per heavy atom. The van der Waals surface area contributed by atoms with Crippen LogP contribution in [0.25, 0.3) is 0 Å². The molecule has 0 bridgehead atoms. The van der Waals surface area contributed by atoms with Gasteiger partial charge in [0.15, 0.2) is 0 Å². The molecule has 1 N–H and O–H groups in total. The van der Waals surface area contributed by atoms with E-state index in [9.17, 15) is 0 Å². The maximum atomic E-state index is 3.60. The predicted molar refractivity (Wildman–Crippen MR) is 69.3 cm³/mol. The third kappa shape index (κ3) is 7.80. The average Bonchev–Trinajstić information content (AvgIpc) is 2.23. The zero-order valence-corrected chi connectivity index (χ0v) is 11.3. The molecule has 0 aliphatic heterocycles. The molecular formula is C13H30N2. The van der Waals surface area contributed by atoms with Gasteiger partial charge in [-0.05, 0) is 32.4 Å². The van der Waals surface area contributed by atoms with Gasteiger partial charge in [-0.25, -0.2) is 0 Å². The van der Waals surface area contributed by atoms with Gasteiger partial charge >= 0.3 is 0 Å². The van der Waals surface area contributed by atoms with Crippen molar-refractivity contribution in [2.24, 2.45) is 5.92 Å². The summed E-state index contributed by atoms with van der Waals surface area (Å²) in [4.78, 5) is 2.46. The van der Waals surface area contributed by atoms with Gasteiger partial charge in [0.05, 0.1) is 0 Å². The van der Waals surface area contributed by atoms with Crippen LogP contribution in [-0.4, -0.2) is 37.6 Å². The Labute approximate surface area is 96.4 Å². The van der Waals surface area contributed by atoms with Gasteiger partial charge in [-0.2, -0.15) is 0 Å². The van der Waals surface area contributed by atoms with E-state index in [0.29, 0.717) is 6.04 Å². The lowest BCUT2D eigenvalue weighted by Crippen LogP contribution is -2.40. The first-order valence-electron chi connectivity index (χ1n) is 6.55. The second-order valence-corrected chi connectivity index (χ2v) is 4.79. The molecule has 2 atom stereocenters. The summed E-state index contributed by atoms with van der Waals surface area (Å²) in [6, 6.07) is 0.666. The first-order valence-corrected chi connectivity index (χ1v) is 6.55. The van der Waals surface area contributed by atoms with Gasteiger partial charge in [-0.15, -0.1) is 0 Å². The van der Waals surface area contributed by atoms with Crippen molar-refractivity contribution in [3.8, 4) is 0 Å². The Kier molecular flexibility index (Phi) is 9.12. The molecule has 0 aromatic rings. The number of hydrogen-bond acceptors (Lipinski definition) is 2.